The number of esters is 1. The molecule has 0 spiro atoms. The first kappa shape index (κ1) is 24.3. The van der Waals surface area contributed by atoms with Crippen LogP contribution in [0.15, 0.2) is 29.2 Å². The van der Waals surface area contributed by atoms with Crippen molar-refractivity contribution in [2.24, 2.45) is 0 Å². The van der Waals surface area contributed by atoms with Crippen LogP contribution in [0.25, 0.3) is 0 Å². The molecule has 1 aromatic carbocycles. The smallest absolute Gasteiger partial charge is 0.323 e. The quantitative estimate of drug-likeness (QED) is 0.532. The summed E-state index contributed by atoms with van der Waals surface area (Å²) in [7, 11) is -3.55. The summed E-state index contributed by atoms with van der Waals surface area (Å²) >= 11 is 0. The molecule has 1 fully saturated rings. The molecule has 1 atom stereocenters. The highest BCUT2D eigenvalue weighted by molar-refractivity contribution is 7.89. The number of rotatable bonds is 11. The third-order valence-electron chi connectivity index (χ3n) is 5.06. The molecule has 1 heterocycles. The molecule has 0 aromatic heterocycles. The van der Waals surface area contributed by atoms with Gasteiger partial charge in [0, 0.05) is 18.8 Å². The Morgan fingerprint density at radius 3 is 2.50 bits per heavy atom. The van der Waals surface area contributed by atoms with Crippen molar-refractivity contribution in [2.75, 3.05) is 38.1 Å². The second-order valence-corrected chi connectivity index (χ2v) is 9.27. The highest BCUT2D eigenvalue weighted by atomic mass is 32.2. The van der Waals surface area contributed by atoms with E-state index in [1.54, 1.807) is 30.0 Å². The molecule has 1 unspecified atom stereocenters. The van der Waals surface area contributed by atoms with Gasteiger partial charge in [0.1, 0.15) is 6.04 Å². The van der Waals surface area contributed by atoms with Crippen molar-refractivity contribution in [1.29, 1.82) is 0 Å². The van der Waals surface area contributed by atoms with E-state index in [1.165, 1.54) is 10.4 Å². The van der Waals surface area contributed by atoms with E-state index >= 15 is 0 Å². The molecule has 0 saturated carbocycles. The van der Waals surface area contributed by atoms with Crippen LogP contribution in [0, 0.1) is 0 Å². The van der Waals surface area contributed by atoms with Crippen LogP contribution < -0.4 is 5.32 Å². The Labute approximate surface area is 179 Å². The monoisotopic (exact) mass is 439 g/mol. The first-order valence-corrected chi connectivity index (χ1v) is 12.1. The Hall–Kier alpha value is -1.97. The predicted octanol–water partition coefficient (Wildman–Crippen LogP) is 2.46. The first-order chi connectivity index (χ1) is 14.3. The van der Waals surface area contributed by atoms with Crippen molar-refractivity contribution in [3.63, 3.8) is 0 Å². The number of benzene rings is 1. The van der Waals surface area contributed by atoms with Crippen molar-refractivity contribution < 1.29 is 22.7 Å². The van der Waals surface area contributed by atoms with Crippen molar-refractivity contribution in [3.05, 3.63) is 24.3 Å². The maximum absolute atomic E-state index is 12.8. The Balaban J connectivity index is 2.09. The fourth-order valence-electron chi connectivity index (χ4n) is 3.64. The number of amides is 1. The zero-order valence-electron chi connectivity index (χ0n) is 18.1. The number of hydrogen-bond acceptors (Lipinski definition) is 6. The molecule has 30 heavy (non-hydrogen) atoms. The number of anilines is 1. The SMILES string of the molecule is CCCN(CC(=O)Nc1cccc(S(=O)(=O)N2CCCC2)c1)C(CC)C(=O)OCC. The molecule has 168 valence electrons. The summed E-state index contributed by atoms with van der Waals surface area (Å²) < 4.78 is 32.1. The molecular formula is C21H33N3O5S. The van der Waals surface area contributed by atoms with E-state index in [4.69, 9.17) is 4.74 Å². The molecule has 0 bridgehead atoms. The molecule has 0 radical (unpaired) electrons. The molecule has 8 nitrogen and oxygen atoms in total. The Morgan fingerprint density at radius 1 is 1.20 bits per heavy atom. The lowest BCUT2D eigenvalue weighted by molar-refractivity contribution is -0.150. The minimum absolute atomic E-state index is 0.0221. The fourth-order valence-corrected chi connectivity index (χ4v) is 5.21. The van der Waals surface area contributed by atoms with E-state index < -0.39 is 16.1 Å². The van der Waals surface area contributed by atoms with E-state index in [1.807, 2.05) is 13.8 Å². The van der Waals surface area contributed by atoms with Gasteiger partial charge >= 0.3 is 5.97 Å². The van der Waals surface area contributed by atoms with Gasteiger partial charge in [0.15, 0.2) is 0 Å². The first-order valence-electron chi connectivity index (χ1n) is 10.6. The van der Waals surface area contributed by atoms with E-state index in [0.29, 0.717) is 38.3 Å². The van der Waals surface area contributed by atoms with Gasteiger partial charge in [0.25, 0.3) is 0 Å². The highest BCUT2D eigenvalue weighted by Gasteiger charge is 2.28. The van der Waals surface area contributed by atoms with Gasteiger partial charge < -0.3 is 10.1 Å². The summed E-state index contributed by atoms with van der Waals surface area (Å²) in [5.41, 5.74) is 0.418. The van der Waals surface area contributed by atoms with Gasteiger partial charge in [-0.2, -0.15) is 4.31 Å². The van der Waals surface area contributed by atoms with Gasteiger partial charge in [0.05, 0.1) is 18.0 Å². The van der Waals surface area contributed by atoms with E-state index in [-0.39, 0.29) is 23.3 Å². The summed E-state index contributed by atoms with van der Waals surface area (Å²) in [5.74, 6) is -0.637. The van der Waals surface area contributed by atoms with Crippen LogP contribution in [-0.2, 0) is 24.3 Å². The molecule has 1 amide bonds. The van der Waals surface area contributed by atoms with Crippen molar-refractivity contribution >= 4 is 27.6 Å². The number of nitrogens with zero attached hydrogens (tertiary/aromatic N) is 2. The minimum atomic E-state index is -3.55. The van der Waals surface area contributed by atoms with Gasteiger partial charge in [-0.1, -0.05) is 19.9 Å². The maximum Gasteiger partial charge on any atom is 0.323 e. The number of carbonyl (C=O) groups is 2. The third-order valence-corrected chi connectivity index (χ3v) is 6.96. The van der Waals surface area contributed by atoms with Gasteiger partial charge in [-0.25, -0.2) is 8.42 Å². The summed E-state index contributed by atoms with van der Waals surface area (Å²) in [4.78, 5) is 26.9. The Bertz CT molecular complexity index is 822. The van der Waals surface area contributed by atoms with Crippen LogP contribution in [0.5, 0.6) is 0 Å². The molecule has 0 aliphatic carbocycles. The molecule has 1 aliphatic heterocycles. The second kappa shape index (κ2) is 11.4. The van der Waals surface area contributed by atoms with Crippen LogP contribution in [0.4, 0.5) is 5.69 Å². The van der Waals surface area contributed by atoms with Crippen LogP contribution in [0.3, 0.4) is 0 Å². The van der Waals surface area contributed by atoms with Gasteiger partial charge in [0.2, 0.25) is 15.9 Å². The lowest BCUT2D eigenvalue weighted by atomic mass is 10.1. The predicted molar refractivity (Wildman–Crippen MR) is 116 cm³/mol. The summed E-state index contributed by atoms with van der Waals surface area (Å²) in [5, 5.41) is 2.77. The number of nitrogens with one attached hydrogen (secondary N) is 1. The molecule has 1 saturated heterocycles. The average Bonchev–Trinajstić information content (AvgIpc) is 3.25. The van der Waals surface area contributed by atoms with Crippen molar-refractivity contribution in [2.45, 2.75) is 57.4 Å². The molecular weight excluding hydrogens is 406 g/mol. The van der Waals surface area contributed by atoms with Crippen molar-refractivity contribution in [1.82, 2.24) is 9.21 Å². The number of hydrogen-bond donors (Lipinski definition) is 1. The lowest BCUT2D eigenvalue weighted by Gasteiger charge is -2.28. The molecule has 1 aliphatic rings. The lowest BCUT2D eigenvalue weighted by Crippen LogP contribution is -2.46. The second-order valence-electron chi connectivity index (χ2n) is 7.33. The number of ether oxygens (including phenoxy) is 1. The van der Waals surface area contributed by atoms with E-state index in [0.717, 1.165) is 19.3 Å². The van der Waals surface area contributed by atoms with Gasteiger partial charge in [-0.15, -0.1) is 0 Å². The summed E-state index contributed by atoms with van der Waals surface area (Å²) in [6.45, 7) is 7.56. The topological polar surface area (TPSA) is 96.0 Å². The Morgan fingerprint density at radius 2 is 1.90 bits per heavy atom. The zero-order chi connectivity index (χ0) is 22.1. The van der Waals surface area contributed by atoms with Gasteiger partial charge in [-0.3, -0.25) is 14.5 Å². The summed E-state index contributed by atoms with van der Waals surface area (Å²) in [6, 6.07) is 5.82. The van der Waals surface area contributed by atoms with Crippen LogP contribution in [0.2, 0.25) is 0 Å². The van der Waals surface area contributed by atoms with Crippen LogP contribution in [-0.4, -0.2) is 68.3 Å². The van der Waals surface area contributed by atoms with Crippen LogP contribution >= 0.6 is 0 Å². The number of sulfonamides is 1. The van der Waals surface area contributed by atoms with E-state index in [9.17, 15) is 18.0 Å². The summed E-state index contributed by atoms with van der Waals surface area (Å²) in [6.07, 6.45) is 3.05. The standard InChI is InChI=1S/C21H33N3O5S/c1-4-12-23(19(5-2)21(26)29-6-3)16-20(25)22-17-10-9-11-18(15-17)30(27,28)24-13-7-8-14-24/h9-11,15,19H,4-8,12-14,16H2,1-3H3,(H,22,25). The van der Waals surface area contributed by atoms with E-state index in [2.05, 4.69) is 5.32 Å². The molecule has 9 heteroatoms. The van der Waals surface area contributed by atoms with Gasteiger partial charge in [-0.05, 0) is 57.4 Å². The average molecular weight is 440 g/mol. The normalized spacial score (nSPS) is 15.9. The molecule has 1 aromatic rings. The third kappa shape index (κ3) is 6.26. The fraction of sp³-hybridized carbons (Fsp3) is 0.619. The number of carbonyl (C=O) groups excluding carboxylic acids is 2. The molecule has 2 rings (SSSR count). The van der Waals surface area contributed by atoms with Crippen LogP contribution in [0.1, 0.15) is 46.5 Å². The molecule has 1 N–H and O–H groups in total. The maximum atomic E-state index is 12.8. The van der Waals surface area contributed by atoms with Crippen molar-refractivity contribution in [3.8, 4) is 0 Å². The largest absolute Gasteiger partial charge is 0.465 e. The minimum Gasteiger partial charge on any atom is -0.465 e. The zero-order valence-corrected chi connectivity index (χ0v) is 18.9. The Kier molecular flexibility index (Phi) is 9.26. The highest BCUT2D eigenvalue weighted by Crippen LogP contribution is 2.23.